The van der Waals surface area contributed by atoms with Gasteiger partial charge in [-0.15, -0.1) is 16.4 Å². The standard InChI is InChI=1S/C15H13N5OS2/c1-9-3-4-13(23-9)10-5-12-14(16-6-10)19(2)15(21)20(12)7-11-8-22-18-17-11/h3-6,8H,7H2,1-2H3. The zero-order valence-electron chi connectivity index (χ0n) is 12.6. The number of aryl methyl sites for hydroxylation is 2. The summed E-state index contributed by atoms with van der Waals surface area (Å²) in [6.07, 6.45) is 1.82. The van der Waals surface area contributed by atoms with E-state index in [2.05, 4.69) is 33.6 Å². The fraction of sp³-hybridized carbons (Fsp3) is 0.200. The predicted molar refractivity (Wildman–Crippen MR) is 92.0 cm³/mol. The highest BCUT2D eigenvalue weighted by Crippen LogP contribution is 2.29. The van der Waals surface area contributed by atoms with Gasteiger partial charge in [-0.3, -0.25) is 9.13 Å². The molecule has 0 radical (unpaired) electrons. The molecule has 8 heteroatoms. The minimum Gasteiger partial charge on any atom is -0.284 e. The fourth-order valence-electron chi connectivity index (χ4n) is 2.57. The number of hydrogen-bond acceptors (Lipinski definition) is 6. The van der Waals surface area contributed by atoms with Crippen molar-refractivity contribution in [3.63, 3.8) is 0 Å². The van der Waals surface area contributed by atoms with E-state index in [-0.39, 0.29) is 5.69 Å². The van der Waals surface area contributed by atoms with E-state index in [1.54, 1.807) is 27.5 Å². The van der Waals surface area contributed by atoms with E-state index in [0.717, 1.165) is 21.7 Å². The van der Waals surface area contributed by atoms with Crippen LogP contribution in [0.2, 0.25) is 0 Å². The Bertz CT molecular complexity index is 1040. The lowest BCUT2D eigenvalue weighted by atomic mass is 10.2. The van der Waals surface area contributed by atoms with Crippen molar-refractivity contribution in [2.75, 3.05) is 0 Å². The van der Waals surface area contributed by atoms with Gasteiger partial charge in [0.15, 0.2) is 5.65 Å². The molecular weight excluding hydrogens is 330 g/mol. The normalized spacial score (nSPS) is 11.4. The predicted octanol–water partition coefficient (Wildman–Crippen LogP) is 2.67. The molecule has 4 rings (SSSR count). The zero-order valence-corrected chi connectivity index (χ0v) is 14.2. The first-order valence-electron chi connectivity index (χ1n) is 7.01. The Kier molecular flexibility index (Phi) is 3.35. The van der Waals surface area contributed by atoms with Crippen LogP contribution in [0.5, 0.6) is 0 Å². The summed E-state index contributed by atoms with van der Waals surface area (Å²) in [7, 11) is 1.74. The molecular formula is C15H13N5OS2. The Balaban J connectivity index is 1.90. The zero-order chi connectivity index (χ0) is 16.0. The maximum Gasteiger partial charge on any atom is 0.330 e. The van der Waals surface area contributed by atoms with Crippen LogP contribution in [0.3, 0.4) is 0 Å². The van der Waals surface area contributed by atoms with Gasteiger partial charge in [-0.05, 0) is 36.7 Å². The van der Waals surface area contributed by atoms with Crippen LogP contribution in [0.1, 0.15) is 10.6 Å². The molecule has 4 heterocycles. The maximum absolute atomic E-state index is 12.5. The van der Waals surface area contributed by atoms with Gasteiger partial charge in [0.2, 0.25) is 0 Å². The third kappa shape index (κ3) is 2.40. The van der Waals surface area contributed by atoms with E-state index in [9.17, 15) is 4.79 Å². The Hall–Kier alpha value is -2.32. The second kappa shape index (κ2) is 5.39. The van der Waals surface area contributed by atoms with Crippen molar-refractivity contribution in [2.45, 2.75) is 13.5 Å². The van der Waals surface area contributed by atoms with Gasteiger partial charge in [0.25, 0.3) is 0 Å². The monoisotopic (exact) mass is 343 g/mol. The smallest absolute Gasteiger partial charge is 0.284 e. The van der Waals surface area contributed by atoms with E-state index in [1.807, 2.05) is 17.6 Å². The molecule has 4 aromatic rings. The third-order valence-electron chi connectivity index (χ3n) is 3.72. The average molecular weight is 343 g/mol. The molecule has 0 saturated heterocycles. The van der Waals surface area contributed by atoms with Crippen molar-refractivity contribution < 1.29 is 0 Å². The third-order valence-corrected chi connectivity index (χ3v) is 5.33. The quantitative estimate of drug-likeness (QED) is 0.574. The van der Waals surface area contributed by atoms with Crippen molar-refractivity contribution in [1.82, 2.24) is 23.7 Å². The number of rotatable bonds is 3. The van der Waals surface area contributed by atoms with Gasteiger partial charge in [-0.2, -0.15) is 0 Å². The van der Waals surface area contributed by atoms with Gasteiger partial charge < -0.3 is 0 Å². The molecule has 0 saturated carbocycles. The van der Waals surface area contributed by atoms with Gasteiger partial charge in [0.05, 0.1) is 17.8 Å². The molecule has 0 bridgehead atoms. The lowest BCUT2D eigenvalue weighted by Crippen LogP contribution is -2.22. The van der Waals surface area contributed by atoms with Crippen LogP contribution in [0, 0.1) is 6.92 Å². The number of pyridine rings is 1. The summed E-state index contributed by atoms with van der Waals surface area (Å²) in [6.45, 7) is 2.48. The summed E-state index contributed by atoms with van der Waals surface area (Å²) in [4.78, 5) is 19.4. The Morgan fingerprint density at radius 1 is 1.30 bits per heavy atom. The molecule has 0 N–H and O–H groups in total. The summed E-state index contributed by atoms with van der Waals surface area (Å²) in [6, 6.07) is 6.19. The Morgan fingerprint density at radius 3 is 2.87 bits per heavy atom. The van der Waals surface area contributed by atoms with E-state index in [0.29, 0.717) is 12.2 Å². The van der Waals surface area contributed by atoms with Crippen LogP contribution in [0.25, 0.3) is 21.6 Å². The highest BCUT2D eigenvalue weighted by molar-refractivity contribution is 7.15. The second-order valence-electron chi connectivity index (χ2n) is 5.30. The molecule has 0 aromatic carbocycles. The van der Waals surface area contributed by atoms with Gasteiger partial charge in [-0.25, -0.2) is 9.78 Å². The fourth-order valence-corrected chi connectivity index (χ4v) is 3.86. The molecule has 23 heavy (non-hydrogen) atoms. The van der Waals surface area contributed by atoms with E-state index < -0.39 is 0 Å². The molecule has 0 aliphatic carbocycles. The van der Waals surface area contributed by atoms with Crippen molar-refractivity contribution in [2.24, 2.45) is 7.05 Å². The molecule has 116 valence electrons. The first-order valence-corrected chi connectivity index (χ1v) is 8.67. The van der Waals surface area contributed by atoms with E-state index >= 15 is 0 Å². The second-order valence-corrected chi connectivity index (χ2v) is 7.20. The molecule has 0 amide bonds. The molecule has 0 aliphatic rings. The van der Waals surface area contributed by atoms with Crippen molar-refractivity contribution in [3.8, 4) is 10.4 Å². The van der Waals surface area contributed by atoms with Crippen molar-refractivity contribution in [1.29, 1.82) is 0 Å². The van der Waals surface area contributed by atoms with Gasteiger partial charge >= 0.3 is 5.69 Å². The van der Waals surface area contributed by atoms with E-state index in [1.165, 1.54) is 16.4 Å². The average Bonchev–Trinajstić information content (AvgIpc) is 3.26. The lowest BCUT2D eigenvalue weighted by molar-refractivity contribution is 0.718. The largest absolute Gasteiger partial charge is 0.330 e. The number of hydrogen-bond donors (Lipinski definition) is 0. The minimum atomic E-state index is -0.0972. The summed E-state index contributed by atoms with van der Waals surface area (Å²) in [5.74, 6) is 0. The summed E-state index contributed by atoms with van der Waals surface area (Å²) < 4.78 is 7.12. The van der Waals surface area contributed by atoms with Crippen molar-refractivity contribution in [3.05, 3.63) is 50.8 Å². The van der Waals surface area contributed by atoms with Gasteiger partial charge in [-0.1, -0.05) is 4.49 Å². The van der Waals surface area contributed by atoms with E-state index in [4.69, 9.17) is 0 Å². The first-order chi connectivity index (χ1) is 11.1. The van der Waals surface area contributed by atoms with Crippen LogP contribution in [-0.2, 0) is 13.6 Å². The lowest BCUT2D eigenvalue weighted by Gasteiger charge is -2.02. The van der Waals surface area contributed by atoms with Crippen LogP contribution < -0.4 is 5.69 Å². The number of aromatic nitrogens is 5. The Morgan fingerprint density at radius 2 is 2.17 bits per heavy atom. The maximum atomic E-state index is 12.5. The number of thiophene rings is 1. The number of fused-ring (bicyclic) bond motifs is 1. The minimum absolute atomic E-state index is 0.0972. The van der Waals surface area contributed by atoms with Crippen LogP contribution in [0.4, 0.5) is 0 Å². The van der Waals surface area contributed by atoms with Crippen LogP contribution in [0.15, 0.2) is 34.6 Å². The number of imidazole rings is 1. The summed E-state index contributed by atoms with van der Waals surface area (Å²) in [5, 5.41) is 5.89. The molecule has 0 aliphatic heterocycles. The molecule has 6 nitrogen and oxygen atoms in total. The van der Waals surface area contributed by atoms with Crippen LogP contribution in [-0.4, -0.2) is 23.7 Å². The molecule has 0 spiro atoms. The first kappa shape index (κ1) is 14.3. The number of nitrogens with zero attached hydrogens (tertiary/aromatic N) is 5. The molecule has 0 unspecified atom stereocenters. The van der Waals surface area contributed by atoms with Gasteiger partial charge in [0.1, 0.15) is 0 Å². The Labute approximate surface area is 139 Å². The summed E-state index contributed by atoms with van der Waals surface area (Å²) in [5.41, 5.74) is 3.19. The highest BCUT2D eigenvalue weighted by Gasteiger charge is 2.14. The SMILES string of the molecule is Cc1ccc(-c2cnc3c(c2)n(Cc2csnn2)c(=O)n3C)s1. The van der Waals surface area contributed by atoms with Crippen LogP contribution >= 0.6 is 22.9 Å². The highest BCUT2D eigenvalue weighted by atomic mass is 32.1. The summed E-state index contributed by atoms with van der Waals surface area (Å²) >= 11 is 3.00. The topological polar surface area (TPSA) is 65.6 Å². The van der Waals surface area contributed by atoms with Gasteiger partial charge in [0, 0.05) is 33.9 Å². The van der Waals surface area contributed by atoms with Crippen molar-refractivity contribution >= 4 is 34.0 Å². The molecule has 0 fully saturated rings. The molecule has 0 atom stereocenters. The molecule has 4 aromatic heterocycles.